The topological polar surface area (TPSA) is 37.8 Å². The first-order valence-electron chi connectivity index (χ1n) is 9.97. The van der Waals surface area contributed by atoms with Crippen LogP contribution in [0, 0.1) is 0 Å². The second-order valence-corrected chi connectivity index (χ2v) is 7.72. The zero-order chi connectivity index (χ0) is 16.9. The summed E-state index contributed by atoms with van der Waals surface area (Å²) in [5, 5.41) is 0. The zero-order valence-electron chi connectivity index (χ0n) is 15.2. The molecule has 3 aliphatic rings. The van der Waals surface area contributed by atoms with Gasteiger partial charge in [-0.05, 0) is 50.4 Å². The van der Waals surface area contributed by atoms with Gasteiger partial charge in [0, 0.05) is 44.5 Å². The van der Waals surface area contributed by atoms with Gasteiger partial charge >= 0.3 is 0 Å². The molecule has 5 heteroatoms. The van der Waals surface area contributed by atoms with Crippen molar-refractivity contribution in [2.75, 3.05) is 45.9 Å². The molecule has 0 bridgehead atoms. The molecule has 0 N–H and O–H groups in total. The van der Waals surface area contributed by atoms with E-state index < -0.39 is 0 Å². The van der Waals surface area contributed by atoms with Gasteiger partial charge in [-0.1, -0.05) is 6.07 Å². The average molecular weight is 345 g/mol. The molecule has 0 saturated carbocycles. The second kappa shape index (κ2) is 8.58. The smallest absolute Gasteiger partial charge is 0.0706 e. The molecular weight excluding hydrogens is 314 g/mol. The van der Waals surface area contributed by atoms with Crippen LogP contribution in [0.25, 0.3) is 0 Å². The van der Waals surface area contributed by atoms with Crippen molar-refractivity contribution in [3.63, 3.8) is 0 Å². The number of likely N-dealkylation sites (tertiary alicyclic amines) is 1. The van der Waals surface area contributed by atoms with Crippen molar-refractivity contribution < 1.29 is 9.47 Å². The van der Waals surface area contributed by atoms with E-state index in [1.54, 1.807) is 0 Å². The Labute approximate surface area is 151 Å². The van der Waals surface area contributed by atoms with E-state index in [1.807, 2.05) is 0 Å². The van der Waals surface area contributed by atoms with Gasteiger partial charge in [0.1, 0.15) is 0 Å². The first kappa shape index (κ1) is 17.4. The first-order valence-corrected chi connectivity index (χ1v) is 9.97. The van der Waals surface area contributed by atoms with Gasteiger partial charge in [-0.3, -0.25) is 14.8 Å². The fourth-order valence-electron chi connectivity index (χ4n) is 4.24. The van der Waals surface area contributed by atoms with Crippen molar-refractivity contribution >= 4 is 0 Å². The van der Waals surface area contributed by atoms with Crippen LogP contribution in [0.3, 0.4) is 0 Å². The van der Waals surface area contributed by atoms with Gasteiger partial charge in [0.05, 0.1) is 25.4 Å². The van der Waals surface area contributed by atoms with Crippen LogP contribution >= 0.6 is 0 Å². The Hall–Kier alpha value is -1.01. The summed E-state index contributed by atoms with van der Waals surface area (Å²) in [5.74, 6) is 0. The highest BCUT2D eigenvalue weighted by molar-refractivity contribution is 5.15. The first-order chi connectivity index (χ1) is 12.3. The maximum Gasteiger partial charge on any atom is 0.0706 e. The Bertz CT molecular complexity index is 524. The summed E-state index contributed by atoms with van der Waals surface area (Å²) < 4.78 is 11.7. The maximum atomic E-state index is 6.28. The minimum Gasteiger partial charge on any atom is -0.379 e. The number of morpholine rings is 1. The van der Waals surface area contributed by atoms with Crippen LogP contribution in [-0.2, 0) is 22.4 Å². The van der Waals surface area contributed by atoms with Crippen molar-refractivity contribution in [2.45, 2.75) is 50.9 Å². The van der Waals surface area contributed by atoms with Crippen molar-refractivity contribution in [1.82, 2.24) is 14.8 Å². The van der Waals surface area contributed by atoms with E-state index in [0.717, 1.165) is 52.2 Å². The molecule has 1 aromatic rings. The van der Waals surface area contributed by atoms with Crippen LogP contribution < -0.4 is 0 Å². The van der Waals surface area contributed by atoms with E-state index >= 15 is 0 Å². The third-order valence-electron chi connectivity index (χ3n) is 5.69. The predicted octanol–water partition coefficient (Wildman–Crippen LogP) is 2.10. The number of pyridine rings is 1. The summed E-state index contributed by atoms with van der Waals surface area (Å²) >= 11 is 0. The monoisotopic (exact) mass is 345 g/mol. The Morgan fingerprint density at radius 3 is 2.52 bits per heavy atom. The fraction of sp³-hybridized carbons (Fsp3) is 0.750. The Morgan fingerprint density at radius 2 is 1.76 bits per heavy atom. The normalized spacial score (nSPS) is 28.6. The van der Waals surface area contributed by atoms with Crippen molar-refractivity contribution in [3.8, 4) is 0 Å². The predicted molar refractivity (Wildman–Crippen MR) is 97.6 cm³/mol. The Morgan fingerprint density at radius 1 is 0.960 bits per heavy atom. The number of ether oxygens (including phenoxy) is 2. The van der Waals surface area contributed by atoms with Crippen molar-refractivity contribution in [3.05, 3.63) is 29.6 Å². The quantitative estimate of drug-likeness (QED) is 0.789. The highest BCUT2D eigenvalue weighted by Crippen LogP contribution is 2.23. The molecule has 3 aliphatic heterocycles. The number of aromatic nitrogens is 1. The third-order valence-corrected chi connectivity index (χ3v) is 5.69. The number of hydrogen-bond donors (Lipinski definition) is 0. The molecule has 5 nitrogen and oxygen atoms in total. The molecule has 0 aliphatic carbocycles. The lowest BCUT2D eigenvalue weighted by molar-refractivity contribution is -0.0110. The van der Waals surface area contributed by atoms with Crippen molar-refractivity contribution in [2.24, 2.45) is 0 Å². The zero-order valence-corrected chi connectivity index (χ0v) is 15.2. The van der Waals surface area contributed by atoms with Crippen LogP contribution in [0.5, 0.6) is 0 Å². The number of rotatable bonds is 6. The van der Waals surface area contributed by atoms with Crippen LogP contribution in [0.2, 0.25) is 0 Å². The Balaban J connectivity index is 1.22. The van der Waals surface area contributed by atoms with E-state index in [2.05, 4.69) is 28.1 Å². The largest absolute Gasteiger partial charge is 0.379 e. The molecule has 25 heavy (non-hydrogen) atoms. The minimum absolute atomic E-state index is 0.336. The van der Waals surface area contributed by atoms with E-state index in [9.17, 15) is 0 Å². The van der Waals surface area contributed by atoms with Crippen LogP contribution in [-0.4, -0.2) is 72.9 Å². The summed E-state index contributed by atoms with van der Waals surface area (Å²) in [7, 11) is 0. The molecule has 3 saturated heterocycles. The highest BCUT2D eigenvalue weighted by Gasteiger charge is 2.27. The van der Waals surface area contributed by atoms with E-state index in [4.69, 9.17) is 14.5 Å². The second-order valence-electron chi connectivity index (χ2n) is 7.72. The molecule has 0 amide bonds. The van der Waals surface area contributed by atoms with E-state index in [-0.39, 0.29) is 0 Å². The molecule has 138 valence electrons. The summed E-state index contributed by atoms with van der Waals surface area (Å²) in [5.41, 5.74) is 2.50. The molecule has 4 rings (SSSR count). The molecule has 0 aromatic carbocycles. The van der Waals surface area contributed by atoms with Gasteiger partial charge in [0.15, 0.2) is 0 Å². The highest BCUT2D eigenvalue weighted by atomic mass is 16.5. The molecular formula is C20H31N3O2. The standard InChI is InChI=1S/C20H31N3O2/c1-2-8-22(7-1)15-17-3-4-18(21-14-17)13-19-5-6-20(25-19)16-23-9-11-24-12-10-23/h3-4,14,19-20H,1-2,5-13,15-16H2/t19-,20+/m0/s1. The molecule has 2 atom stereocenters. The lowest BCUT2D eigenvalue weighted by Gasteiger charge is -2.28. The average Bonchev–Trinajstić information content (AvgIpc) is 3.30. The van der Waals surface area contributed by atoms with Crippen LogP contribution in [0.1, 0.15) is 36.9 Å². The number of hydrogen-bond acceptors (Lipinski definition) is 5. The molecule has 0 spiro atoms. The summed E-state index contributed by atoms with van der Waals surface area (Å²) in [6.45, 7) is 8.41. The van der Waals surface area contributed by atoms with E-state index in [1.165, 1.54) is 43.6 Å². The van der Waals surface area contributed by atoms with E-state index in [0.29, 0.717) is 12.2 Å². The van der Waals surface area contributed by atoms with Gasteiger partial charge in [-0.25, -0.2) is 0 Å². The lowest BCUT2D eigenvalue weighted by Crippen LogP contribution is -2.41. The molecule has 0 unspecified atom stereocenters. The third kappa shape index (κ3) is 5.00. The minimum atomic E-state index is 0.336. The fourth-order valence-corrected chi connectivity index (χ4v) is 4.24. The molecule has 4 heterocycles. The van der Waals surface area contributed by atoms with Crippen LogP contribution in [0.15, 0.2) is 18.3 Å². The molecule has 3 fully saturated rings. The van der Waals surface area contributed by atoms with Gasteiger partial charge < -0.3 is 9.47 Å². The van der Waals surface area contributed by atoms with Gasteiger partial charge in [0.2, 0.25) is 0 Å². The molecule has 0 radical (unpaired) electrons. The Kier molecular flexibility index (Phi) is 5.98. The summed E-state index contributed by atoms with van der Waals surface area (Å²) in [6, 6.07) is 4.45. The van der Waals surface area contributed by atoms with Crippen LogP contribution in [0.4, 0.5) is 0 Å². The SMILES string of the molecule is c1cc(C[C@@H]2CC[C@H](CN3CCOCC3)O2)ncc1CN1CCCC1. The number of nitrogens with zero attached hydrogens (tertiary/aromatic N) is 3. The van der Waals surface area contributed by atoms with Gasteiger partial charge in [-0.15, -0.1) is 0 Å². The maximum absolute atomic E-state index is 6.28. The van der Waals surface area contributed by atoms with Crippen molar-refractivity contribution in [1.29, 1.82) is 0 Å². The molecule has 1 aromatic heterocycles. The van der Waals surface area contributed by atoms with Gasteiger partial charge in [-0.2, -0.15) is 0 Å². The summed E-state index contributed by atoms with van der Waals surface area (Å²) in [6.07, 6.45) is 8.76. The lowest BCUT2D eigenvalue weighted by atomic mass is 10.1. The van der Waals surface area contributed by atoms with Gasteiger partial charge in [0.25, 0.3) is 0 Å². The summed E-state index contributed by atoms with van der Waals surface area (Å²) in [4.78, 5) is 9.69.